The number of aromatic nitrogens is 1. The molecule has 3 heterocycles. The second-order valence-electron chi connectivity index (χ2n) is 7.38. The summed E-state index contributed by atoms with van der Waals surface area (Å²) in [7, 11) is 0. The smallest absolute Gasteiger partial charge is 0.278 e. The highest BCUT2D eigenvalue weighted by molar-refractivity contribution is 5.86. The molecule has 1 unspecified atom stereocenters. The number of hydrogen-bond donors (Lipinski definition) is 2. The Balaban J connectivity index is 1.48. The molecule has 0 spiro atoms. The number of carbonyl (C=O) groups is 1. The molecule has 4 heteroatoms. The number of H-pyrrole nitrogens is 1. The Morgan fingerprint density at radius 3 is 3.08 bits per heavy atom. The molecular formula is C20H28N3O+. The van der Waals surface area contributed by atoms with Gasteiger partial charge >= 0.3 is 0 Å². The molecule has 1 amide bonds. The summed E-state index contributed by atoms with van der Waals surface area (Å²) in [6.45, 7) is 5.72. The van der Waals surface area contributed by atoms with E-state index in [1.165, 1.54) is 52.7 Å². The van der Waals surface area contributed by atoms with Crippen LogP contribution in [0.15, 0.2) is 24.3 Å². The number of likely N-dealkylation sites (tertiary alicyclic amines) is 1. The predicted molar refractivity (Wildman–Crippen MR) is 96.0 cm³/mol. The van der Waals surface area contributed by atoms with E-state index < -0.39 is 0 Å². The van der Waals surface area contributed by atoms with Crippen molar-refractivity contribution in [3.05, 3.63) is 35.5 Å². The van der Waals surface area contributed by atoms with Crippen LogP contribution < -0.4 is 4.90 Å². The second kappa shape index (κ2) is 6.60. The standard InChI is InChI=1S/C20H27N3O/c1-2-15-7-5-6-11-22(15)14-20(24)23-12-10-19-17(13-23)16-8-3-4-9-18(16)21-19/h3-4,8-9,15,21H,2,5-7,10-14H2,1H3/p+1/t15-/m0/s1. The van der Waals surface area contributed by atoms with Gasteiger partial charge in [-0.15, -0.1) is 0 Å². The molecule has 0 radical (unpaired) electrons. The average molecular weight is 326 g/mol. The highest BCUT2D eigenvalue weighted by Gasteiger charge is 2.30. The lowest BCUT2D eigenvalue weighted by Gasteiger charge is -2.34. The summed E-state index contributed by atoms with van der Waals surface area (Å²) in [6.07, 6.45) is 6.02. The number of aromatic amines is 1. The lowest BCUT2D eigenvalue weighted by Crippen LogP contribution is -3.17. The van der Waals surface area contributed by atoms with Crippen LogP contribution >= 0.6 is 0 Å². The van der Waals surface area contributed by atoms with Crippen LogP contribution in [0.1, 0.15) is 43.9 Å². The van der Waals surface area contributed by atoms with Crippen LogP contribution in [0.25, 0.3) is 10.9 Å². The van der Waals surface area contributed by atoms with Gasteiger partial charge in [0.05, 0.1) is 12.6 Å². The molecule has 2 aliphatic rings. The van der Waals surface area contributed by atoms with Crippen molar-refractivity contribution < 1.29 is 9.69 Å². The van der Waals surface area contributed by atoms with Crippen molar-refractivity contribution in [1.82, 2.24) is 9.88 Å². The highest BCUT2D eigenvalue weighted by Crippen LogP contribution is 2.27. The van der Waals surface area contributed by atoms with E-state index in [1.807, 2.05) is 0 Å². The van der Waals surface area contributed by atoms with Crippen LogP contribution in [0.5, 0.6) is 0 Å². The van der Waals surface area contributed by atoms with Crippen LogP contribution in [0.3, 0.4) is 0 Å². The number of piperidine rings is 1. The van der Waals surface area contributed by atoms with E-state index in [0.717, 1.165) is 26.1 Å². The first-order chi connectivity index (χ1) is 11.8. The molecule has 4 rings (SSSR count). The summed E-state index contributed by atoms with van der Waals surface area (Å²) < 4.78 is 0. The molecule has 2 aliphatic heterocycles. The monoisotopic (exact) mass is 326 g/mol. The maximum Gasteiger partial charge on any atom is 0.278 e. The third-order valence-electron chi connectivity index (χ3n) is 5.98. The number of fused-ring (bicyclic) bond motifs is 3. The van der Waals surface area contributed by atoms with Gasteiger partial charge in [-0.25, -0.2) is 0 Å². The van der Waals surface area contributed by atoms with Crippen LogP contribution in [-0.4, -0.2) is 41.5 Å². The minimum Gasteiger partial charge on any atom is -0.358 e. The summed E-state index contributed by atoms with van der Waals surface area (Å²) >= 11 is 0. The number of nitrogens with zero attached hydrogens (tertiary/aromatic N) is 1. The fourth-order valence-corrected chi connectivity index (χ4v) is 4.56. The number of para-hydroxylation sites is 1. The fraction of sp³-hybridized carbons (Fsp3) is 0.550. The summed E-state index contributed by atoms with van der Waals surface area (Å²) in [5.41, 5.74) is 3.84. The van der Waals surface area contributed by atoms with E-state index in [9.17, 15) is 4.79 Å². The Hall–Kier alpha value is -1.81. The molecule has 128 valence electrons. The maximum atomic E-state index is 12.9. The molecule has 0 bridgehead atoms. The van der Waals surface area contributed by atoms with E-state index in [-0.39, 0.29) is 0 Å². The maximum absolute atomic E-state index is 12.9. The molecule has 2 atom stereocenters. The molecule has 0 saturated carbocycles. The van der Waals surface area contributed by atoms with E-state index in [4.69, 9.17) is 0 Å². The minimum atomic E-state index is 0.335. The van der Waals surface area contributed by atoms with Crippen LogP contribution in [0.4, 0.5) is 0 Å². The topological polar surface area (TPSA) is 40.5 Å². The van der Waals surface area contributed by atoms with Gasteiger partial charge in [0.25, 0.3) is 5.91 Å². The summed E-state index contributed by atoms with van der Waals surface area (Å²) in [4.78, 5) is 20.0. The van der Waals surface area contributed by atoms with Gasteiger partial charge in [0.2, 0.25) is 0 Å². The Morgan fingerprint density at radius 1 is 1.33 bits per heavy atom. The average Bonchev–Trinajstić information content (AvgIpc) is 3.00. The van der Waals surface area contributed by atoms with Gasteiger partial charge in [-0.1, -0.05) is 25.1 Å². The second-order valence-corrected chi connectivity index (χ2v) is 7.38. The van der Waals surface area contributed by atoms with Gasteiger partial charge in [0, 0.05) is 41.7 Å². The van der Waals surface area contributed by atoms with Gasteiger partial charge in [-0.05, 0) is 31.7 Å². The van der Waals surface area contributed by atoms with Crippen molar-refractivity contribution in [3.8, 4) is 0 Å². The number of benzene rings is 1. The van der Waals surface area contributed by atoms with Gasteiger partial charge < -0.3 is 14.8 Å². The minimum absolute atomic E-state index is 0.335. The Bertz CT molecular complexity index is 736. The molecule has 24 heavy (non-hydrogen) atoms. The lowest BCUT2D eigenvalue weighted by molar-refractivity contribution is -0.923. The van der Waals surface area contributed by atoms with Crippen molar-refractivity contribution >= 4 is 16.8 Å². The molecule has 2 aromatic rings. The molecular weight excluding hydrogens is 298 g/mol. The zero-order valence-electron chi connectivity index (χ0n) is 14.6. The molecule has 1 fully saturated rings. The first kappa shape index (κ1) is 15.7. The van der Waals surface area contributed by atoms with E-state index in [2.05, 4.69) is 41.1 Å². The van der Waals surface area contributed by atoms with Gasteiger partial charge in [-0.2, -0.15) is 0 Å². The van der Waals surface area contributed by atoms with Crippen LogP contribution in [-0.2, 0) is 17.8 Å². The molecule has 1 aromatic carbocycles. The number of carbonyl (C=O) groups excluding carboxylic acids is 1. The molecule has 2 N–H and O–H groups in total. The number of nitrogens with one attached hydrogen (secondary N) is 2. The van der Waals surface area contributed by atoms with Crippen molar-refractivity contribution in [2.45, 2.75) is 51.6 Å². The Kier molecular flexibility index (Phi) is 4.31. The Morgan fingerprint density at radius 2 is 2.21 bits per heavy atom. The van der Waals surface area contributed by atoms with E-state index in [0.29, 0.717) is 18.5 Å². The normalized spacial score (nSPS) is 24.1. The lowest BCUT2D eigenvalue weighted by atomic mass is 10.00. The van der Waals surface area contributed by atoms with Gasteiger partial charge in [-0.3, -0.25) is 4.79 Å². The first-order valence-corrected chi connectivity index (χ1v) is 9.47. The highest BCUT2D eigenvalue weighted by atomic mass is 16.2. The third-order valence-corrected chi connectivity index (χ3v) is 5.98. The van der Waals surface area contributed by atoms with Crippen molar-refractivity contribution in [1.29, 1.82) is 0 Å². The first-order valence-electron chi connectivity index (χ1n) is 9.47. The Labute approximate surface area is 143 Å². The molecule has 4 nitrogen and oxygen atoms in total. The summed E-state index contributed by atoms with van der Waals surface area (Å²) in [5.74, 6) is 0.335. The number of quaternary nitrogens is 1. The largest absolute Gasteiger partial charge is 0.358 e. The van der Waals surface area contributed by atoms with Gasteiger partial charge in [0.15, 0.2) is 6.54 Å². The molecule has 1 aromatic heterocycles. The number of rotatable bonds is 3. The summed E-state index contributed by atoms with van der Waals surface area (Å²) in [6, 6.07) is 9.13. The van der Waals surface area contributed by atoms with Crippen molar-refractivity contribution in [3.63, 3.8) is 0 Å². The summed E-state index contributed by atoms with van der Waals surface area (Å²) in [5, 5.41) is 1.28. The third kappa shape index (κ3) is 2.84. The predicted octanol–water partition coefficient (Wildman–Crippen LogP) is 1.90. The van der Waals surface area contributed by atoms with Crippen molar-refractivity contribution in [2.75, 3.05) is 19.6 Å². The fourth-order valence-electron chi connectivity index (χ4n) is 4.56. The van der Waals surface area contributed by atoms with Crippen molar-refractivity contribution in [2.24, 2.45) is 0 Å². The number of amides is 1. The van der Waals surface area contributed by atoms with E-state index in [1.54, 1.807) is 0 Å². The SMILES string of the molecule is CC[C@H]1CCCC[NH+]1CC(=O)N1CCc2[nH]c3ccccc3c2C1. The number of hydrogen-bond acceptors (Lipinski definition) is 1. The quantitative estimate of drug-likeness (QED) is 0.889. The zero-order valence-corrected chi connectivity index (χ0v) is 14.6. The molecule has 1 saturated heterocycles. The van der Waals surface area contributed by atoms with Gasteiger partial charge in [0.1, 0.15) is 0 Å². The molecule has 0 aliphatic carbocycles. The zero-order chi connectivity index (χ0) is 16.5. The van der Waals surface area contributed by atoms with E-state index >= 15 is 0 Å². The van der Waals surface area contributed by atoms with Crippen LogP contribution in [0, 0.1) is 0 Å². The van der Waals surface area contributed by atoms with Crippen LogP contribution in [0.2, 0.25) is 0 Å².